The minimum Gasteiger partial charge on any atom is -0.373 e. The smallest absolute Gasteiger partial charge is 0.246 e. The summed E-state index contributed by atoms with van der Waals surface area (Å²) in [6.45, 7) is 7.57. The minimum absolute atomic E-state index is 0.00465. The van der Waals surface area contributed by atoms with Crippen molar-refractivity contribution in [3.63, 3.8) is 0 Å². The summed E-state index contributed by atoms with van der Waals surface area (Å²) in [5.74, 6) is 0.00465. The fraction of sp³-hybridized carbons (Fsp3) is 0.533. The third kappa shape index (κ3) is 2.99. The highest BCUT2D eigenvalue weighted by Gasteiger charge is 2.30. The van der Waals surface area contributed by atoms with Crippen LogP contribution in [0.3, 0.4) is 0 Å². The topological polar surface area (TPSA) is 44.4 Å². The fourth-order valence-electron chi connectivity index (χ4n) is 2.65. The Morgan fingerprint density at radius 3 is 2.60 bits per heavy atom. The van der Waals surface area contributed by atoms with Crippen molar-refractivity contribution in [2.45, 2.75) is 26.8 Å². The summed E-state index contributed by atoms with van der Waals surface area (Å²) >= 11 is 3.63. The van der Waals surface area contributed by atoms with Gasteiger partial charge in [-0.2, -0.15) is 0 Å². The second-order valence-electron chi connectivity index (χ2n) is 6.52. The van der Waals surface area contributed by atoms with E-state index in [0.29, 0.717) is 0 Å². The molecule has 1 aromatic carbocycles. The van der Waals surface area contributed by atoms with Gasteiger partial charge in [0.15, 0.2) is 0 Å². The van der Waals surface area contributed by atoms with E-state index in [0.717, 1.165) is 28.0 Å². The van der Waals surface area contributed by atoms with Gasteiger partial charge in [-0.1, -0.05) is 20.8 Å². The molecule has 0 saturated carbocycles. The summed E-state index contributed by atoms with van der Waals surface area (Å²) in [6.07, 6.45) is 0. The summed E-state index contributed by atoms with van der Waals surface area (Å²) in [4.78, 5) is 14.1. The van der Waals surface area contributed by atoms with Crippen LogP contribution in [-0.4, -0.2) is 26.5 Å². The van der Waals surface area contributed by atoms with Crippen LogP contribution in [0.25, 0.3) is 0 Å². The number of rotatable bonds is 3. The molecule has 1 aliphatic rings. The molecule has 0 aromatic heterocycles. The molecule has 5 heteroatoms. The second kappa shape index (κ2) is 5.37. The summed E-state index contributed by atoms with van der Waals surface area (Å²) in [6, 6.07) is 3.81. The van der Waals surface area contributed by atoms with Gasteiger partial charge in [0, 0.05) is 29.3 Å². The van der Waals surface area contributed by atoms with Gasteiger partial charge in [-0.15, -0.1) is 0 Å². The number of likely N-dealkylation sites (N-methyl/N-ethyl adjacent to an activating group) is 1. The second-order valence-corrected chi connectivity index (χ2v) is 7.37. The summed E-state index contributed by atoms with van der Waals surface area (Å²) in [5, 5.41) is 5.97. The first kappa shape index (κ1) is 15.3. The maximum absolute atomic E-state index is 11.9. The molecule has 0 bridgehead atoms. The summed E-state index contributed by atoms with van der Waals surface area (Å²) in [5.41, 5.74) is 3.20. The quantitative estimate of drug-likeness (QED) is 0.889. The Morgan fingerprint density at radius 2 is 2.05 bits per heavy atom. The molecule has 0 radical (unpaired) electrons. The van der Waals surface area contributed by atoms with E-state index >= 15 is 0 Å². The van der Waals surface area contributed by atoms with Crippen molar-refractivity contribution in [3.8, 4) is 0 Å². The van der Waals surface area contributed by atoms with Crippen molar-refractivity contribution < 1.29 is 4.79 Å². The molecular weight excluding hydrogens is 318 g/mol. The first-order chi connectivity index (χ1) is 9.23. The zero-order chi connectivity index (χ0) is 15.1. The Kier molecular flexibility index (Phi) is 4.12. The van der Waals surface area contributed by atoms with Crippen LogP contribution in [0.2, 0.25) is 0 Å². The number of fused-ring (bicyclic) bond motifs is 1. The highest BCUT2D eigenvalue weighted by Crippen LogP contribution is 2.39. The van der Waals surface area contributed by atoms with Crippen molar-refractivity contribution in [2.24, 2.45) is 5.41 Å². The molecule has 1 aliphatic heterocycles. The van der Waals surface area contributed by atoms with E-state index in [2.05, 4.69) is 59.3 Å². The van der Waals surface area contributed by atoms with Gasteiger partial charge in [0.2, 0.25) is 5.91 Å². The van der Waals surface area contributed by atoms with Gasteiger partial charge < -0.3 is 15.5 Å². The first-order valence-electron chi connectivity index (χ1n) is 6.75. The number of nitrogens with zero attached hydrogens (tertiary/aromatic N) is 1. The lowest BCUT2D eigenvalue weighted by Gasteiger charge is -2.29. The number of amides is 1. The number of halogens is 1. The molecular formula is C15H22BrN3O. The number of benzene rings is 1. The predicted octanol–water partition coefficient (Wildman–Crippen LogP) is 3.14. The zero-order valence-electron chi connectivity index (χ0n) is 12.7. The van der Waals surface area contributed by atoms with Crippen LogP contribution in [0, 0.1) is 5.41 Å². The molecule has 110 valence electrons. The standard InChI is InChI=1S/C15H22BrN3O/c1-15(2,3)8-19(5)12-7-11-9(6-10(12)16)13(17-4)14(20)18-11/h6-7,13,17H,8H2,1-5H3,(H,18,20). The van der Waals surface area contributed by atoms with Crippen molar-refractivity contribution in [1.29, 1.82) is 0 Å². The molecule has 2 N–H and O–H groups in total. The number of anilines is 2. The molecule has 1 unspecified atom stereocenters. The van der Waals surface area contributed by atoms with Crippen molar-refractivity contribution in [2.75, 3.05) is 30.9 Å². The van der Waals surface area contributed by atoms with Gasteiger partial charge in [0.05, 0.1) is 5.69 Å². The lowest BCUT2D eigenvalue weighted by atomic mass is 9.96. The number of hydrogen-bond acceptors (Lipinski definition) is 3. The molecule has 20 heavy (non-hydrogen) atoms. The molecule has 4 nitrogen and oxygen atoms in total. The van der Waals surface area contributed by atoms with E-state index in [1.165, 1.54) is 0 Å². The molecule has 0 fully saturated rings. The van der Waals surface area contributed by atoms with E-state index < -0.39 is 0 Å². The molecule has 0 spiro atoms. The molecule has 0 aliphatic carbocycles. The van der Waals surface area contributed by atoms with Crippen molar-refractivity contribution in [1.82, 2.24) is 5.32 Å². The third-order valence-electron chi connectivity index (χ3n) is 3.36. The highest BCUT2D eigenvalue weighted by molar-refractivity contribution is 9.10. The van der Waals surface area contributed by atoms with Gasteiger partial charge in [0.25, 0.3) is 0 Å². The summed E-state index contributed by atoms with van der Waals surface area (Å²) in [7, 11) is 3.87. The zero-order valence-corrected chi connectivity index (χ0v) is 14.3. The van der Waals surface area contributed by atoms with E-state index in [9.17, 15) is 4.79 Å². The molecule has 1 amide bonds. The first-order valence-corrected chi connectivity index (χ1v) is 7.55. The van der Waals surface area contributed by atoms with Gasteiger partial charge in [-0.05, 0) is 40.5 Å². The Hall–Kier alpha value is -1.07. The number of nitrogens with one attached hydrogen (secondary N) is 2. The number of carbonyl (C=O) groups is 1. The Bertz CT molecular complexity index is 537. The average Bonchev–Trinajstić information content (AvgIpc) is 2.60. The predicted molar refractivity (Wildman–Crippen MR) is 87.3 cm³/mol. The third-order valence-corrected chi connectivity index (χ3v) is 4.00. The Balaban J connectivity index is 2.35. The Labute approximate surface area is 129 Å². The van der Waals surface area contributed by atoms with Crippen LogP contribution in [0.4, 0.5) is 11.4 Å². The summed E-state index contributed by atoms with van der Waals surface area (Å²) < 4.78 is 1.01. The van der Waals surface area contributed by atoms with Crippen LogP contribution < -0.4 is 15.5 Å². The monoisotopic (exact) mass is 339 g/mol. The van der Waals surface area contributed by atoms with Gasteiger partial charge >= 0.3 is 0 Å². The molecule has 0 saturated heterocycles. The van der Waals surface area contributed by atoms with E-state index in [-0.39, 0.29) is 17.4 Å². The van der Waals surface area contributed by atoms with Crippen molar-refractivity contribution >= 4 is 33.2 Å². The van der Waals surface area contributed by atoms with Crippen molar-refractivity contribution in [3.05, 3.63) is 22.2 Å². The SMILES string of the molecule is CNC1C(=O)Nc2cc(N(C)CC(C)(C)C)c(Br)cc21. The van der Waals surface area contributed by atoms with Crippen LogP contribution >= 0.6 is 15.9 Å². The maximum atomic E-state index is 11.9. The highest BCUT2D eigenvalue weighted by atomic mass is 79.9. The maximum Gasteiger partial charge on any atom is 0.246 e. The molecule has 2 rings (SSSR count). The molecule has 1 aromatic rings. The Morgan fingerprint density at radius 1 is 1.40 bits per heavy atom. The van der Waals surface area contributed by atoms with E-state index in [4.69, 9.17) is 0 Å². The van der Waals surface area contributed by atoms with Gasteiger partial charge in [-0.3, -0.25) is 4.79 Å². The largest absolute Gasteiger partial charge is 0.373 e. The lowest BCUT2D eigenvalue weighted by molar-refractivity contribution is -0.117. The van der Waals surface area contributed by atoms with Gasteiger partial charge in [-0.25, -0.2) is 0 Å². The van der Waals surface area contributed by atoms with Crippen LogP contribution in [0.1, 0.15) is 32.4 Å². The average molecular weight is 340 g/mol. The lowest BCUT2D eigenvalue weighted by Crippen LogP contribution is -2.29. The van der Waals surface area contributed by atoms with Crippen LogP contribution in [0.5, 0.6) is 0 Å². The van der Waals surface area contributed by atoms with Gasteiger partial charge in [0.1, 0.15) is 6.04 Å². The molecule has 1 atom stereocenters. The fourth-order valence-corrected chi connectivity index (χ4v) is 3.31. The van der Waals surface area contributed by atoms with E-state index in [1.54, 1.807) is 7.05 Å². The van der Waals surface area contributed by atoms with Crippen LogP contribution in [-0.2, 0) is 4.79 Å². The van der Waals surface area contributed by atoms with Crippen LogP contribution in [0.15, 0.2) is 16.6 Å². The normalized spacial score (nSPS) is 17.9. The molecule has 1 heterocycles. The number of hydrogen-bond donors (Lipinski definition) is 2. The minimum atomic E-state index is -0.261. The number of carbonyl (C=O) groups excluding carboxylic acids is 1. The van der Waals surface area contributed by atoms with E-state index in [1.807, 2.05) is 12.1 Å².